The molecule has 1 aliphatic heterocycles. The Morgan fingerprint density at radius 2 is 2.21 bits per heavy atom. The van der Waals surface area contributed by atoms with Gasteiger partial charge in [-0.1, -0.05) is 11.6 Å². The van der Waals surface area contributed by atoms with Gasteiger partial charge in [0.05, 0.1) is 11.6 Å². The second kappa shape index (κ2) is 5.96. The van der Waals surface area contributed by atoms with Gasteiger partial charge in [0, 0.05) is 21.7 Å². The zero-order valence-corrected chi connectivity index (χ0v) is 12.8. The highest BCUT2D eigenvalue weighted by Crippen LogP contribution is 2.24. The van der Waals surface area contributed by atoms with Crippen molar-refractivity contribution in [3.63, 3.8) is 0 Å². The Kier molecular flexibility index (Phi) is 4.51. The average Bonchev–Trinajstić information content (AvgIpc) is 2.83. The lowest BCUT2D eigenvalue weighted by Crippen LogP contribution is -2.34. The van der Waals surface area contributed by atoms with Crippen molar-refractivity contribution >= 4 is 51.9 Å². The average molecular weight is 395 g/mol. The smallest absolute Gasteiger partial charge is 0.321 e. The molecule has 0 spiro atoms. The number of aliphatic carboxylic acids is 1. The zero-order valence-electron chi connectivity index (χ0n) is 9.90. The molecule has 2 rings (SSSR count). The molecule has 1 aliphatic rings. The van der Waals surface area contributed by atoms with Crippen molar-refractivity contribution in [3.05, 3.63) is 26.8 Å². The molecule has 1 aromatic carbocycles. The minimum absolute atomic E-state index is 0.248. The number of amides is 2. The number of nitrogens with one attached hydrogen (secondary N) is 1. The van der Waals surface area contributed by atoms with Gasteiger partial charge in [-0.2, -0.15) is 0 Å². The third-order valence-electron chi connectivity index (χ3n) is 2.99. The molecule has 0 bridgehead atoms. The van der Waals surface area contributed by atoms with E-state index in [0.717, 1.165) is 3.57 Å². The lowest BCUT2D eigenvalue weighted by atomic mass is 10.1. The van der Waals surface area contributed by atoms with Crippen molar-refractivity contribution in [2.75, 3.05) is 18.4 Å². The fourth-order valence-corrected chi connectivity index (χ4v) is 2.58. The summed E-state index contributed by atoms with van der Waals surface area (Å²) in [5.41, 5.74) is 0.636. The summed E-state index contributed by atoms with van der Waals surface area (Å²) in [6.07, 6.45) is 0.495. The van der Waals surface area contributed by atoms with E-state index < -0.39 is 11.9 Å². The number of hydrogen-bond acceptors (Lipinski definition) is 2. The van der Waals surface area contributed by atoms with Crippen molar-refractivity contribution in [1.29, 1.82) is 0 Å². The maximum absolute atomic E-state index is 12.0. The van der Waals surface area contributed by atoms with E-state index in [0.29, 0.717) is 23.7 Å². The fourth-order valence-electron chi connectivity index (χ4n) is 1.93. The Balaban J connectivity index is 2.02. The first-order valence-corrected chi connectivity index (χ1v) is 7.17. The van der Waals surface area contributed by atoms with E-state index in [4.69, 9.17) is 16.7 Å². The number of urea groups is 1. The Hall–Kier alpha value is -1.02. The molecule has 0 radical (unpaired) electrons. The van der Waals surface area contributed by atoms with E-state index in [1.165, 1.54) is 4.90 Å². The quantitative estimate of drug-likeness (QED) is 0.758. The summed E-state index contributed by atoms with van der Waals surface area (Å²) in [5, 5.41) is 12.2. The molecule has 1 fully saturated rings. The normalized spacial score (nSPS) is 18.4. The van der Waals surface area contributed by atoms with Gasteiger partial charge in [-0.3, -0.25) is 4.79 Å². The SMILES string of the molecule is O=C(O)C1CCN(C(=O)Nc2cc(Cl)ccc2I)C1. The van der Waals surface area contributed by atoms with Crippen molar-refractivity contribution < 1.29 is 14.7 Å². The number of anilines is 1. The third-order valence-corrected chi connectivity index (χ3v) is 4.17. The van der Waals surface area contributed by atoms with E-state index in [-0.39, 0.29) is 12.6 Å². The Morgan fingerprint density at radius 3 is 2.84 bits per heavy atom. The van der Waals surface area contributed by atoms with Crippen LogP contribution in [0, 0.1) is 9.49 Å². The molecule has 1 unspecified atom stereocenters. The maximum Gasteiger partial charge on any atom is 0.321 e. The Bertz CT molecular complexity index is 524. The molecule has 102 valence electrons. The number of hydrogen-bond donors (Lipinski definition) is 2. The van der Waals surface area contributed by atoms with Gasteiger partial charge in [0.15, 0.2) is 0 Å². The van der Waals surface area contributed by atoms with Crippen LogP contribution in [0.5, 0.6) is 0 Å². The van der Waals surface area contributed by atoms with Crippen LogP contribution >= 0.6 is 34.2 Å². The number of likely N-dealkylation sites (tertiary alicyclic amines) is 1. The lowest BCUT2D eigenvalue weighted by molar-refractivity contribution is -0.141. The molecule has 1 saturated heterocycles. The number of benzene rings is 1. The summed E-state index contributed by atoms with van der Waals surface area (Å²) in [5.74, 6) is -1.32. The first kappa shape index (κ1) is 14.4. The molecule has 2 amide bonds. The van der Waals surface area contributed by atoms with Crippen molar-refractivity contribution in [2.24, 2.45) is 5.92 Å². The van der Waals surface area contributed by atoms with Crippen LogP contribution in [0.1, 0.15) is 6.42 Å². The largest absolute Gasteiger partial charge is 0.481 e. The molecule has 1 aromatic rings. The fraction of sp³-hybridized carbons (Fsp3) is 0.333. The highest BCUT2D eigenvalue weighted by atomic mass is 127. The van der Waals surface area contributed by atoms with E-state index in [9.17, 15) is 9.59 Å². The van der Waals surface area contributed by atoms with Gasteiger partial charge in [0.2, 0.25) is 0 Å². The van der Waals surface area contributed by atoms with E-state index in [2.05, 4.69) is 27.9 Å². The number of carbonyl (C=O) groups is 2. The Morgan fingerprint density at radius 1 is 1.47 bits per heavy atom. The van der Waals surface area contributed by atoms with E-state index >= 15 is 0 Å². The van der Waals surface area contributed by atoms with Crippen molar-refractivity contribution in [1.82, 2.24) is 4.90 Å². The van der Waals surface area contributed by atoms with Gasteiger partial charge >= 0.3 is 12.0 Å². The van der Waals surface area contributed by atoms with Crippen molar-refractivity contribution in [3.8, 4) is 0 Å². The van der Waals surface area contributed by atoms with Gasteiger partial charge in [0.1, 0.15) is 0 Å². The first-order chi connectivity index (χ1) is 8.97. The summed E-state index contributed by atoms with van der Waals surface area (Å²) in [7, 11) is 0. The van der Waals surface area contributed by atoms with E-state index in [1.807, 2.05) is 6.07 Å². The van der Waals surface area contributed by atoms with Crippen molar-refractivity contribution in [2.45, 2.75) is 6.42 Å². The standard InChI is InChI=1S/C12H12ClIN2O3/c13-8-1-2-9(14)10(5-8)15-12(19)16-4-3-7(6-16)11(17)18/h1-2,5,7H,3-4,6H2,(H,15,19)(H,17,18). The highest BCUT2D eigenvalue weighted by Gasteiger charge is 2.30. The molecule has 0 aliphatic carbocycles. The molecular weight excluding hydrogens is 382 g/mol. The number of halogens is 2. The van der Waals surface area contributed by atoms with Crippen LogP contribution in [0.15, 0.2) is 18.2 Å². The van der Waals surface area contributed by atoms with Crippen LogP contribution in [-0.2, 0) is 4.79 Å². The van der Waals surface area contributed by atoms with Crippen LogP contribution < -0.4 is 5.32 Å². The molecule has 2 N–H and O–H groups in total. The molecule has 1 heterocycles. The van der Waals surface area contributed by atoms with Gasteiger partial charge in [-0.05, 0) is 47.2 Å². The van der Waals surface area contributed by atoms with Gasteiger partial charge in [-0.15, -0.1) is 0 Å². The van der Waals surface area contributed by atoms with Gasteiger partial charge in [-0.25, -0.2) is 4.79 Å². The summed E-state index contributed by atoms with van der Waals surface area (Å²) < 4.78 is 0.879. The minimum atomic E-state index is -0.854. The molecule has 5 nitrogen and oxygen atoms in total. The first-order valence-electron chi connectivity index (χ1n) is 5.71. The predicted molar refractivity (Wildman–Crippen MR) is 80.5 cm³/mol. The zero-order chi connectivity index (χ0) is 14.0. The molecule has 0 aromatic heterocycles. The van der Waals surface area contributed by atoms with Crippen LogP contribution in [0.2, 0.25) is 5.02 Å². The Labute approximate surface area is 129 Å². The molecule has 1 atom stereocenters. The number of carbonyl (C=O) groups excluding carboxylic acids is 1. The summed E-state index contributed by atoms with van der Waals surface area (Å²) in [6.45, 7) is 0.707. The molecule has 7 heteroatoms. The summed E-state index contributed by atoms with van der Waals surface area (Å²) in [4.78, 5) is 24.4. The highest BCUT2D eigenvalue weighted by molar-refractivity contribution is 14.1. The van der Waals surface area contributed by atoms with Crippen LogP contribution in [0.3, 0.4) is 0 Å². The third kappa shape index (κ3) is 3.50. The lowest BCUT2D eigenvalue weighted by Gasteiger charge is -2.17. The number of carboxylic acid groups (broad SMARTS) is 1. The second-order valence-corrected chi connectivity index (χ2v) is 5.92. The van der Waals surface area contributed by atoms with Crippen LogP contribution in [0.4, 0.5) is 10.5 Å². The van der Waals surface area contributed by atoms with E-state index in [1.54, 1.807) is 12.1 Å². The predicted octanol–water partition coefficient (Wildman–Crippen LogP) is 2.88. The molecular formula is C12H12ClIN2O3. The second-order valence-electron chi connectivity index (χ2n) is 4.32. The van der Waals surface area contributed by atoms with Gasteiger partial charge in [0.25, 0.3) is 0 Å². The monoisotopic (exact) mass is 394 g/mol. The number of carboxylic acids is 1. The van der Waals surface area contributed by atoms with Gasteiger partial charge < -0.3 is 15.3 Å². The number of rotatable bonds is 2. The number of nitrogens with zero attached hydrogens (tertiary/aromatic N) is 1. The maximum atomic E-state index is 12.0. The van der Waals surface area contributed by atoms with Crippen LogP contribution in [-0.4, -0.2) is 35.1 Å². The summed E-state index contributed by atoms with van der Waals surface area (Å²) in [6, 6.07) is 4.94. The molecule has 0 saturated carbocycles. The molecule has 19 heavy (non-hydrogen) atoms. The minimum Gasteiger partial charge on any atom is -0.481 e. The summed E-state index contributed by atoms with van der Waals surface area (Å²) >= 11 is 7.98. The topological polar surface area (TPSA) is 69.6 Å². The van der Waals surface area contributed by atoms with Crippen LogP contribution in [0.25, 0.3) is 0 Å².